The summed E-state index contributed by atoms with van der Waals surface area (Å²) in [6.45, 7) is 7.66. The quantitative estimate of drug-likeness (QED) is 0.236. The Labute approximate surface area is 149 Å². The van der Waals surface area contributed by atoms with E-state index in [1.165, 1.54) is 0 Å². The molecular weight excluding hydrogens is 333 g/mol. The minimum atomic E-state index is -1.17. The van der Waals surface area contributed by atoms with Crippen LogP contribution >= 0.6 is 10.9 Å². The van der Waals surface area contributed by atoms with Gasteiger partial charge < -0.3 is 25.4 Å². The SMILES string of the molecule is CC(C)C(=O)NCC(F)COCCNCCOCCNC[SH](C)C. The van der Waals surface area contributed by atoms with Crippen LogP contribution in [0.2, 0.25) is 0 Å². The van der Waals surface area contributed by atoms with Gasteiger partial charge in [-0.1, -0.05) is 13.8 Å². The van der Waals surface area contributed by atoms with Gasteiger partial charge in [0.2, 0.25) is 5.91 Å². The Morgan fingerprint density at radius 1 is 1.04 bits per heavy atom. The van der Waals surface area contributed by atoms with Gasteiger partial charge in [0, 0.05) is 31.4 Å². The predicted molar refractivity (Wildman–Crippen MR) is 101 cm³/mol. The number of carbonyl (C=O) groups is 1. The molecule has 146 valence electrons. The summed E-state index contributed by atoms with van der Waals surface area (Å²) in [5.41, 5.74) is 0. The van der Waals surface area contributed by atoms with E-state index in [9.17, 15) is 9.18 Å². The molecule has 0 aliphatic rings. The fraction of sp³-hybridized carbons (Fsp3) is 0.938. The molecule has 0 bridgehead atoms. The fourth-order valence-electron chi connectivity index (χ4n) is 1.65. The van der Waals surface area contributed by atoms with Crippen LogP contribution in [-0.4, -0.2) is 83.1 Å². The standard InChI is InChI=1S/C16H36FN3O3S/c1-14(2)16(21)20-11-15(17)12-23-10-6-18-5-8-22-9-7-19-13-24(3)4/h14-15,18-19,24H,5-13H2,1-4H3,(H,20,21). The highest BCUT2D eigenvalue weighted by Crippen LogP contribution is 2.08. The second-order valence-corrected chi connectivity index (χ2v) is 8.65. The Balaban J connectivity index is 3.23. The van der Waals surface area contributed by atoms with Crippen LogP contribution < -0.4 is 16.0 Å². The topological polar surface area (TPSA) is 71.6 Å². The second kappa shape index (κ2) is 16.1. The molecule has 0 aromatic rings. The third-order valence-corrected chi connectivity index (χ3v) is 3.87. The van der Waals surface area contributed by atoms with E-state index in [4.69, 9.17) is 9.47 Å². The smallest absolute Gasteiger partial charge is 0.222 e. The highest BCUT2D eigenvalue weighted by atomic mass is 32.2. The van der Waals surface area contributed by atoms with Gasteiger partial charge in [0.1, 0.15) is 6.17 Å². The van der Waals surface area contributed by atoms with Crippen molar-refractivity contribution >= 4 is 16.8 Å². The van der Waals surface area contributed by atoms with Gasteiger partial charge in [-0.15, -0.1) is 0 Å². The van der Waals surface area contributed by atoms with Gasteiger partial charge in [-0.25, -0.2) is 15.3 Å². The van der Waals surface area contributed by atoms with E-state index < -0.39 is 6.17 Å². The summed E-state index contributed by atoms with van der Waals surface area (Å²) in [5.74, 6) is 0.807. The van der Waals surface area contributed by atoms with Gasteiger partial charge in [-0.05, 0) is 12.5 Å². The van der Waals surface area contributed by atoms with Crippen LogP contribution in [-0.2, 0) is 14.3 Å². The van der Waals surface area contributed by atoms with Crippen molar-refractivity contribution in [1.82, 2.24) is 16.0 Å². The maximum atomic E-state index is 13.5. The number of carbonyl (C=O) groups excluding carboxylic acids is 1. The van der Waals surface area contributed by atoms with Crippen molar-refractivity contribution in [3.8, 4) is 0 Å². The van der Waals surface area contributed by atoms with Crippen molar-refractivity contribution in [2.75, 3.05) is 71.0 Å². The Bertz CT molecular complexity index is 310. The summed E-state index contributed by atoms with van der Waals surface area (Å²) in [6, 6.07) is 0. The number of alkyl halides is 1. The highest BCUT2D eigenvalue weighted by Gasteiger charge is 2.11. The van der Waals surface area contributed by atoms with Crippen LogP contribution in [0.5, 0.6) is 0 Å². The molecule has 0 heterocycles. The molecule has 0 fully saturated rings. The van der Waals surface area contributed by atoms with E-state index in [0.29, 0.717) is 26.4 Å². The highest BCUT2D eigenvalue weighted by molar-refractivity contribution is 8.15. The molecule has 0 saturated heterocycles. The van der Waals surface area contributed by atoms with E-state index in [1.807, 2.05) is 0 Å². The largest absolute Gasteiger partial charge is 0.379 e. The molecule has 1 atom stereocenters. The lowest BCUT2D eigenvalue weighted by Crippen LogP contribution is -2.35. The molecule has 0 radical (unpaired) electrons. The Hall–Kier alpha value is -0.410. The summed E-state index contributed by atoms with van der Waals surface area (Å²) >= 11 is 0. The molecular formula is C16H36FN3O3S. The molecule has 0 aromatic heterocycles. The van der Waals surface area contributed by atoms with Gasteiger partial charge in [0.05, 0.1) is 33.0 Å². The summed E-state index contributed by atoms with van der Waals surface area (Å²) < 4.78 is 24.2. The second-order valence-electron chi connectivity index (χ2n) is 6.17. The van der Waals surface area contributed by atoms with Crippen LogP contribution in [0.15, 0.2) is 0 Å². The Morgan fingerprint density at radius 3 is 2.21 bits per heavy atom. The van der Waals surface area contributed by atoms with Crippen molar-refractivity contribution in [3.63, 3.8) is 0 Å². The normalized spacial score (nSPS) is 13.2. The van der Waals surface area contributed by atoms with E-state index >= 15 is 0 Å². The zero-order valence-corrected chi connectivity index (χ0v) is 16.5. The lowest BCUT2D eigenvalue weighted by atomic mass is 10.2. The molecule has 0 spiro atoms. The zero-order valence-electron chi connectivity index (χ0n) is 15.6. The van der Waals surface area contributed by atoms with E-state index in [-0.39, 0.29) is 35.9 Å². The first kappa shape index (κ1) is 23.6. The molecule has 0 aliphatic heterocycles. The number of amides is 1. The molecule has 1 unspecified atom stereocenters. The first-order valence-corrected chi connectivity index (χ1v) is 11.0. The van der Waals surface area contributed by atoms with Crippen LogP contribution in [0.1, 0.15) is 13.8 Å². The first-order valence-electron chi connectivity index (χ1n) is 8.57. The van der Waals surface area contributed by atoms with Crippen LogP contribution in [0.4, 0.5) is 4.39 Å². The molecule has 0 aliphatic carbocycles. The number of rotatable bonds is 16. The average molecular weight is 370 g/mol. The third-order valence-electron chi connectivity index (χ3n) is 3.02. The van der Waals surface area contributed by atoms with Gasteiger partial charge in [-0.3, -0.25) is 4.79 Å². The van der Waals surface area contributed by atoms with Crippen LogP contribution in [0, 0.1) is 5.92 Å². The summed E-state index contributed by atoms with van der Waals surface area (Å²) in [6.07, 6.45) is 3.31. The Morgan fingerprint density at radius 2 is 1.62 bits per heavy atom. The number of nitrogens with one attached hydrogen (secondary N) is 3. The molecule has 1 amide bonds. The van der Waals surface area contributed by atoms with Gasteiger partial charge >= 0.3 is 0 Å². The van der Waals surface area contributed by atoms with E-state index in [2.05, 4.69) is 28.5 Å². The number of hydrogen-bond acceptors (Lipinski definition) is 5. The fourth-order valence-corrected chi connectivity index (χ4v) is 2.25. The number of thiol groups is 1. The predicted octanol–water partition coefficient (Wildman–Crippen LogP) is 0.527. The zero-order chi connectivity index (χ0) is 18.2. The molecule has 24 heavy (non-hydrogen) atoms. The minimum Gasteiger partial charge on any atom is -0.379 e. The lowest BCUT2D eigenvalue weighted by molar-refractivity contribution is -0.124. The molecule has 6 nitrogen and oxygen atoms in total. The van der Waals surface area contributed by atoms with Gasteiger partial charge in [0.25, 0.3) is 0 Å². The Kier molecular flexibility index (Phi) is 15.8. The third kappa shape index (κ3) is 16.4. The maximum absolute atomic E-state index is 13.5. The molecule has 0 saturated carbocycles. The number of hydrogen-bond donors (Lipinski definition) is 4. The van der Waals surface area contributed by atoms with Crippen molar-refractivity contribution in [1.29, 1.82) is 0 Å². The molecule has 3 N–H and O–H groups in total. The van der Waals surface area contributed by atoms with E-state index in [1.54, 1.807) is 13.8 Å². The van der Waals surface area contributed by atoms with Crippen molar-refractivity contribution < 1.29 is 18.7 Å². The molecule has 8 heteroatoms. The minimum absolute atomic E-state index is 0.000375. The van der Waals surface area contributed by atoms with Crippen LogP contribution in [0.3, 0.4) is 0 Å². The monoisotopic (exact) mass is 369 g/mol. The van der Waals surface area contributed by atoms with Crippen molar-refractivity contribution in [2.24, 2.45) is 5.92 Å². The number of ether oxygens (including phenoxy) is 2. The molecule has 0 rings (SSSR count). The lowest BCUT2D eigenvalue weighted by Gasteiger charge is -2.12. The average Bonchev–Trinajstić information content (AvgIpc) is 2.53. The summed E-state index contributed by atoms with van der Waals surface area (Å²) in [7, 11) is 0.109. The summed E-state index contributed by atoms with van der Waals surface area (Å²) in [5, 5.41) is 9.06. The van der Waals surface area contributed by atoms with Crippen molar-refractivity contribution in [2.45, 2.75) is 20.0 Å². The first-order chi connectivity index (χ1) is 11.4. The van der Waals surface area contributed by atoms with Gasteiger partial charge in [0.15, 0.2) is 0 Å². The molecule has 0 aromatic carbocycles. The van der Waals surface area contributed by atoms with Crippen molar-refractivity contribution in [3.05, 3.63) is 0 Å². The number of halogens is 1. The van der Waals surface area contributed by atoms with Gasteiger partial charge in [-0.2, -0.15) is 0 Å². The van der Waals surface area contributed by atoms with E-state index in [0.717, 1.165) is 19.0 Å². The van der Waals surface area contributed by atoms with Crippen LogP contribution in [0.25, 0.3) is 0 Å². The summed E-state index contributed by atoms with van der Waals surface area (Å²) in [4.78, 5) is 11.3. The maximum Gasteiger partial charge on any atom is 0.222 e.